The van der Waals surface area contributed by atoms with E-state index in [1.165, 1.54) is 180 Å². The van der Waals surface area contributed by atoms with Crippen molar-refractivity contribution in [3.63, 3.8) is 0 Å². The van der Waals surface area contributed by atoms with E-state index in [-0.39, 0.29) is 11.1 Å². The van der Waals surface area contributed by atoms with E-state index in [4.69, 9.17) is 9.47 Å². The van der Waals surface area contributed by atoms with Crippen LogP contribution in [0.15, 0.2) is 0 Å². The topological polar surface area (TPSA) is 30.5 Å². The Morgan fingerprint density at radius 2 is 0.565 bits per heavy atom. The summed E-state index contributed by atoms with van der Waals surface area (Å²) in [6, 6.07) is 0. The van der Waals surface area contributed by atoms with Gasteiger partial charge in [0.25, 0.3) is 0 Å². The molecule has 1 aliphatic rings. The van der Waals surface area contributed by atoms with Crippen molar-refractivity contribution in [2.45, 2.75) is 264 Å². The van der Waals surface area contributed by atoms with Crippen molar-refractivity contribution in [1.82, 2.24) is 5.32 Å². The lowest BCUT2D eigenvalue weighted by atomic mass is 9.78. The van der Waals surface area contributed by atoms with E-state index in [9.17, 15) is 0 Å². The summed E-state index contributed by atoms with van der Waals surface area (Å²) < 4.78 is 13.4. The Bertz CT molecular complexity index is 629. The largest absolute Gasteiger partial charge is 0.350 e. The molecule has 0 radical (unpaired) electrons. The van der Waals surface area contributed by atoms with E-state index in [1.807, 2.05) is 0 Å². The number of rotatable bonds is 34. The lowest BCUT2D eigenvalue weighted by molar-refractivity contribution is -0.273. The third-order valence-corrected chi connectivity index (χ3v) is 10.3. The zero-order chi connectivity index (χ0) is 33.7. The predicted molar refractivity (Wildman–Crippen MR) is 205 cm³/mol. The Morgan fingerprint density at radius 3 is 0.804 bits per heavy atom. The van der Waals surface area contributed by atoms with Crippen molar-refractivity contribution in [3.05, 3.63) is 0 Å². The number of piperidine rings is 1. The zero-order valence-electron chi connectivity index (χ0n) is 32.9. The summed E-state index contributed by atoms with van der Waals surface area (Å²) in [6.07, 6.45) is 43.8. The fourth-order valence-electron chi connectivity index (χ4n) is 8.12. The number of hydrogen-bond donors (Lipinski definition) is 1. The Labute approximate surface area is 291 Å². The SMILES string of the molecule is CCCCCCCCCCCCCCCCCCOC1(OCCCCCCCCCCCCCCCC)CC(C)(C)NC(C)(C)C1. The standard InChI is InChI=1S/C43H87NO2/c1-7-9-11-13-15-17-19-21-23-24-26-28-30-32-34-36-38-46-43(39-41(3,4)44-42(5,6)40-43)45-37-35-33-31-29-27-25-22-20-18-16-14-12-10-8-2/h44H,7-40H2,1-6H3. The van der Waals surface area contributed by atoms with E-state index in [0.717, 1.165) is 38.9 Å². The Balaban J connectivity index is 2.13. The number of nitrogens with one attached hydrogen (secondary N) is 1. The van der Waals surface area contributed by atoms with Gasteiger partial charge in [-0.3, -0.25) is 0 Å². The molecular weight excluding hydrogens is 562 g/mol. The molecule has 0 aromatic carbocycles. The molecule has 0 aromatic rings. The lowest BCUT2D eigenvalue weighted by Gasteiger charge is -2.52. The summed E-state index contributed by atoms with van der Waals surface area (Å²) >= 11 is 0. The fraction of sp³-hybridized carbons (Fsp3) is 1.00. The number of ether oxygens (including phenoxy) is 2. The molecule has 1 N–H and O–H groups in total. The summed E-state index contributed by atoms with van der Waals surface area (Å²) in [7, 11) is 0. The molecule has 0 aliphatic carbocycles. The van der Waals surface area contributed by atoms with Crippen molar-refractivity contribution < 1.29 is 9.47 Å². The van der Waals surface area contributed by atoms with Gasteiger partial charge in [0.05, 0.1) is 13.2 Å². The van der Waals surface area contributed by atoms with Crippen LogP contribution in [-0.4, -0.2) is 30.1 Å². The molecule has 1 heterocycles. The van der Waals surface area contributed by atoms with Crippen molar-refractivity contribution >= 4 is 0 Å². The molecule has 46 heavy (non-hydrogen) atoms. The van der Waals surface area contributed by atoms with Gasteiger partial charge in [-0.05, 0) is 40.5 Å². The van der Waals surface area contributed by atoms with Gasteiger partial charge < -0.3 is 14.8 Å². The Morgan fingerprint density at radius 1 is 0.348 bits per heavy atom. The van der Waals surface area contributed by atoms with Crippen LogP contribution in [0.5, 0.6) is 0 Å². The molecule has 0 atom stereocenters. The van der Waals surface area contributed by atoms with Crippen molar-refractivity contribution in [2.24, 2.45) is 0 Å². The molecule has 3 nitrogen and oxygen atoms in total. The first-order valence-electron chi connectivity index (χ1n) is 21.3. The minimum Gasteiger partial charge on any atom is -0.350 e. The van der Waals surface area contributed by atoms with Gasteiger partial charge in [-0.2, -0.15) is 0 Å². The highest BCUT2D eigenvalue weighted by Crippen LogP contribution is 2.39. The van der Waals surface area contributed by atoms with Crippen molar-refractivity contribution in [2.75, 3.05) is 13.2 Å². The zero-order valence-corrected chi connectivity index (χ0v) is 32.9. The van der Waals surface area contributed by atoms with Gasteiger partial charge >= 0.3 is 0 Å². The van der Waals surface area contributed by atoms with Crippen molar-refractivity contribution in [3.8, 4) is 0 Å². The van der Waals surface area contributed by atoms with Crippen LogP contribution >= 0.6 is 0 Å². The second kappa shape index (κ2) is 28.7. The molecule has 0 bridgehead atoms. The first kappa shape index (κ1) is 43.9. The summed E-state index contributed by atoms with van der Waals surface area (Å²) in [5.74, 6) is -0.440. The monoisotopic (exact) mass is 650 g/mol. The fourth-order valence-corrected chi connectivity index (χ4v) is 8.12. The smallest absolute Gasteiger partial charge is 0.171 e. The molecule has 0 amide bonds. The predicted octanol–water partition coefficient (Wildman–Crippen LogP) is 14.4. The van der Waals surface area contributed by atoms with Gasteiger partial charge in [0, 0.05) is 23.9 Å². The maximum Gasteiger partial charge on any atom is 0.171 e. The Kier molecular flexibility index (Phi) is 27.4. The maximum atomic E-state index is 6.72. The minimum atomic E-state index is -0.440. The molecule has 1 aliphatic heterocycles. The van der Waals surface area contributed by atoms with Crippen LogP contribution < -0.4 is 5.32 Å². The Hall–Kier alpha value is -0.120. The summed E-state index contributed by atoms with van der Waals surface area (Å²) in [6.45, 7) is 15.5. The van der Waals surface area contributed by atoms with Gasteiger partial charge in [-0.25, -0.2) is 0 Å². The van der Waals surface area contributed by atoms with Crippen molar-refractivity contribution in [1.29, 1.82) is 0 Å². The average Bonchev–Trinajstić information content (AvgIpc) is 2.99. The minimum absolute atomic E-state index is 0.0197. The molecule has 1 saturated heterocycles. The molecular formula is C43H87NO2. The molecule has 1 fully saturated rings. The highest BCUT2D eigenvalue weighted by Gasteiger charge is 2.48. The lowest BCUT2D eigenvalue weighted by Crippen LogP contribution is -2.65. The second-order valence-electron chi connectivity index (χ2n) is 16.8. The van der Waals surface area contributed by atoms with Crippen LogP contribution in [-0.2, 0) is 9.47 Å². The van der Waals surface area contributed by atoms with E-state index >= 15 is 0 Å². The second-order valence-corrected chi connectivity index (χ2v) is 16.8. The number of hydrogen-bond acceptors (Lipinski definition) is 3. The molecule has 0 aromatic heterocycles. The van der Waals surface area contributed by atoms with Gasteiger partial charge in [0.15, 0.2) is 5.79 Å². The van der Waals surface area contributed by atoms with E-state index < -0.39 is 5.79 Å². The van der Waals surface area contributed by atoms with Gasteiger partial charge in [-0.1, -0.05) is 194 Å². The average molecular weight is 650 g/mol. The van der Waals surface area contributed by atoms with Gasteiger partial charge in [-0.15, -0.1) is 0 Å². The first-order chi connectivity index (χ1) is 22.2. The quantitative estimate of drug-likeness (QED) is 0.0556. The first-order valence-corrected chi connectivity index (χ1v) is 21.3. The van der Waals surface area contributed by atoms with E-state index in [2.05, 4.69) is 46.9 Å². The van der Waals surface area contributed by atoms with Crippen LogP contribution in [0.3, 0.4) is 0 Å². The maximum absolute atomic E-state index is 6.72. The highest BCUT2D eigenvalue weighted by atomic mass is 16.7. The normalized spacial score (nSPS) is 17.1. The molecule has 276 valence electrons. The number of unbranched alkanes of at least 4 members (excludes halogenated alkanes) is 28. The van der Waals surface area contributed by atoms with Crippen LogP contribution in [0.4, 0.5) is 0 Å². The third kappa shape index (κ3) is 25.8. The van der Waals surface area contributed by atoms with Crippen LogP contribution in [0.1, 0.15) is 247 Å². The third-order valence-electron chi connectivity index (χ3n) is 10.3. The van der Waals surface area contributed by atoms with Crippen LogP contribution in [0.25, 0.3) is 0 Å². The van der Waals surface area contributed by atoms with Crippen LogP contribution in [0, 0.1) is 0 Å². The molecule has 0 spiro atoms. The van der Waals surface area contributed by atoms with Gasteiger partial charge in [0.2, 0.25) is 0 Å². The summed E-state index contributed by atoms with van der Waals surface area (Å²) in [5.41, 5.74) is 0.0395. The molecule has 1 rings (SSSR count). The summed E-state index contributed by atoms with van der Waals surface area (Å²) in [4.78, 5) is 0. The van der Waals surface area contributed by atoms with E-state index in [1.54, 1.807) is 0 Å². The summed E-state index contributed by atoms with van der Waals surface area (Å²) in [5, 5.41) is 3.84. The van der Waals surface area contributed by atoms with Gasteiger partial charge in [0.1, 0.15) is 0 Å². The van der Waals surface area contributed by atoms with E-state index in [0.29, 0.717) is 0 Å². The molecule has 0 unspecified atom stereocenters. The highest BCUT2D eigenvalue weighted by molar-refractivity contribution is 5.01. The van der Waals surface area contributed by atoms with Crippen LogP contribution in [0.2, 0.25) is 0 Å². The molecule has 0 saturated carbocycles. The molecule has 3 heteroatoms.